The van der Waals surface area contributed by atoms with Crippen LogP contribution in [0.1, 0.15) is 24.4 Å². The molecule has 0 aliphatic heterocycles. The van der Waals surface area contributed by atoms with Crippen molar-refractivity contribution in [1.82, 2.24) is 10.6 Å². The molecule has 100 valence electrons. The van der Waals surface area contributed by atoms with E-state index < -0.39 is 0 Å². The Morgan fingerprint density at radius 3 is 2.67 bits per heavy atom. The van der Waals surface area contributed by atoms with Crippen LogP contribution in [0.4, 0.5) is 0 Å². The predicted molar refractivity (Wildman–Crippen MR) is 71.6 cm³/mol. The van der Waals surface area contributed by atoms with Crippen molar-refractivity contribution in [2.45, 2.75) is 19.1 Å². The maximum atomic E-state index is 11.4. The van der Waals surface area contributed by atoms with E-state index in [1.54, 1.807) is 23.9 Å². The van der Waals surface area contributed by atoms with E-state index in [2.05, 4.69) is 10.6 Å². The second kappa shape index (κ2) is 7.81. The average Bonchev–Trinajstić information content (AvgIpc) is 2.85. The van der Waals surface area contributed by atoms with E-state index >= 15 is 0 Å². The number of carbonyl (C=O) groups excluding carboxylic acids is 2. The van der Waals surface area contributed by atoms with Gasteiger partial charge in [-0.25, -0.2) is 0 Å². The first kappa shape index (κ1) is 14.6. The fourth-order valence-corrected chi connectivity index (χ4v) is 1.75. The third-order valence-corrected chi connectivity index (χ3v) is 3.12. The zero-order valence-corrected chi connectivity index (χ0v) is 11.4. The molecule has 0 aliphatic carbocycles. The molecule has 0 aromatic carbocycles. The molecule has 0 radical (unpaired) electrons. The third kappa shape index (κ3) is 5.77. The highest BCUT2D eigenvalue weighted by atomic mass is 32.2. The summed E-state index contributed by atoms with van der Waals surface area (Å²) in [5, 5.41) is 5.82. The van der Waals surface area contributed by atoms with E-state index in [9.17, 15) is 9.59 Å². The van der Waals surface area contributed by atoms with Gasteiger partial charge in [0.2, 0.25) is 5.91 Å². The van der Waals surface area contributed by atoms with Gasteiger partial charge in [-0.2, -0.15) is 0 Å². The zero-order valence-electron chi connectivity index (χ0n) is 10.6. The van der Waals surface area contributed by atoms with Gasteiger partial charge in [0.25, 0.3) is 5.91 Å². The third-order valence-electron chi connectivity index (χ3n) is 2.03. The maximum absolute atomic E-state index is 11.4. The van der Waals surface area contributed by atoms with E-state index in [4.69, 9.17) is 4.42 Å². The fourth-order valence-electron chi connectivity index (χ4n) is 1.17. The van der Waals surface area contributed by atoms with E-state index in [-0.39, 0.29) is 17.6 Å². The van der Waals surface area contributed by atoms with Crippen LogP contribution in [0.3, 0.4) is 0 Å². The first-order valence-electron chi connectivity index (χ1n) is 5.79. The summed E-state index contributed by atoms with van der Waals surface area (Å²) in [6.07, 6.45) is 1.44. The summed E-state index contributed by atoms with van der Waals surface area (Å²) in [5.41, 5.74) is 0. The Hall–Kier alpha value is -1.43. The van der Waals surface area contributed by atoms with Crippen molar-refractivity contribution >= 4 is 23.6 Å². The number of hydrogen-bond donors (Lipinski definition) is 2. The molecule has 0 saturated carbocycles. The summed E-state index contributed by atoms with van der Waals surface area (Å²) in [6.45, 7) is 4.89. The molecule has 1 aromatic rings. The first-order chi connectivity index (χ1) is 8.59. The van der Waals surface area contributed by atoms with Gasteiger partial charge in [0.1, 0.15) is 0 Å². The van der Waals surface area contributed by atoms with Crippen LogP contribution in [0.5, 0.6) is 0 Å². The summed E-state index contributed by atoms with van der Waals surface area (Å²) in [4.78, 5) is 22.8. The van der Waals surface area contributed by atoms with E-state index in [1.165, 1.54) is 6.26 Å². The molecule has 0 atom stereocenters. The molecule has 1 rings (SSSR count). The van der Waals surface area contributed by atoms with Gasteiger partial charge in [-0.1, -0.05) is 13.8 Å². The quantitative estimate of drug-likeness (QED) is 0.732. The summed E-state index contributed by atoms with van der Waals surface area (Å²) in [5.74, 6) is 0.438. The lowest BCUT2D eigenvalue weighted by Crippen LogP contribution is -2.35. The molecule has 1 heterocycles. The second-order valence-corrected chi connectivity index (χ2v) is 5.51. The molecule has 1 aromatic heterocycles. The zero-order chi connectivity index (χ0) is 13.4. The largest absolute Gasteiger partial charge is 0.459 e. The van der Waals surface area contributed by atoms with Gasteiger partial charge in [0.05, 0.1) is 12.0 Å². The summed E-state index contributed by atoms with van der Waals surface area (Å²) in [6, 6.07) is 3.24. The summed E-state index contributed by atoms with van der Waals surface area (Å²) in [7, 11) is 0. The minimum atomic E-state index is -0.272. The van der Waals surface area contributed by atoms with Crippen LogP contribution in [-0.4, -0.2) is 35.9 Å². The van der Waals surface area contributed by atoms with Crippen molar-refractivity contribution in [2.75, 3.05) is 18.8 Å². The Labute approximate surface area is 111 Å². The monoisotopic (exact) mass is 270 g/mol. The molecule has 0 bridgehead atoms. The van der Waals surface area contributed by atoms with Gasteiger partial charge in [-0.3, -0.25) is 9.59 Å². The van der Waals surface area contributed by atoms with Crippen LogP contribution in [0.2, 0.25) is 0 Å². The topological polar surface area (TPSA) is 71.3 Å². The highest BCUT2D eigenvalue weighted by Gasteiger charge is 2.07. The van der Waals surface area contributed by atoms with Crippen LogP contribution < -0.4 is 10.6 Å². The van der Waals surface area contributed by atoms with Crippen molar-refractivity contribution in [3.05, 3.63) is 24.2 Å². The standard InChI is InChI=1S/C12H18N2O3S/c1-9(2)18-8-11(15)13-5-6-14-12(16)10-4-3-7-17-10/h3-4,7,9H,5-6,8H2,1-2H3,(H,13,15)(H,14,16). The van der Waals surface area contributed by atoms with Crippen molar-refractivity contribution in [3.8, 4) is 0 Å². The van der Waals surface area contributed by atoms with Crippen molar-refractivity contribution < 1.29 is 14.0 Å². The lowest BCUT2D eigenvalue weighted by Gasteiger charge is -2.07. The number of hydrogen-bond acceptors (Lipinski definition) is 4. The molecule has 0 aliphatic rings. The predicted octanol–water partition coefficient (Wildman–Crippen LogP) is 1.27. The minimum Gasteiger partial charge on any atom is -0.459 e. The molecule has 0 saturated heterocycles. The van der Waals surface area contributed by atoms with Crippen molar-refractivity contribution in [3.63, 3.8) is 0 Å². The number of nitrogens with one attached hydrogen (secondary N) is 2. The number of amides is 2. The molecule has 18 heavy (non-hydrogen) atoms. The lowest BCUT2D eigenvalue weighted by atomic mass is 10.4. The van der Waals surface area contributed by atoms with Gasteiger partial charge in [-0.05, 0) is 17.4 Å². The van der Waals surface area contributed by atoms with Crippen molar-refractivity contribution in [1.29, 1.82) is 0 Å². The van der Waals surface area contributed by atoms with Gasteiger partial charge in [0.15, 0.2) is 5.76 Å². The minimum absolute atomic E-state index is 0.0130. The van der Waals surface area contributed by atoms with Gasteiger partial charge >= 0.3 is 0 Å². The molecule has 6 heteroatoms. The highest BCUT2D eigenvalue weighted by molar-refractivity contribution is 8.00. The van der Waals surface area contributed by atoms with Crippen LogP contribution in [0, 0.1) is 0 Å². The number of thioether (sulfide) groups is 1. The number of furan rings is 1. The summed E-state index contributed by atoms with van der Waals surface area (Å²) >= 11 is 1.59. The molecular weight excluding hydrogens is 252 g/mol. The number of carbonyl (C=O) groups is 2. The van der Waals surface area contributed by atoms with Crippen LogP contribution in [0.25, 0.3) is 0 Å². The van der Waals surface area contributed by atoms with Crippen LogP contribution in [-0.2, 0) is 4.79 Å². The summed E-state index contributed by atoms with van der Waals surface area (Å²) < 4.78 is 4.94. The smallest absolute Gasteiger partial charge is 0.287 e. The fraction of sp³-hybridized carbons (Fsp3) is 0.500. The molecule has 2 N–H and O–H groups in total. The van der Waals surface area contributed by atoms with Gasteiger partial charge in [-0.15, -0.1) is 11.8 Å². The molecule has 0 spiro atoms. The Morgan fingerprint density at radius 2 is 2.06 bits per heavy atom. The number of rotatable bonds is 7. The molecular formula is C12H18N2O3S. The Bertz CT molecular complexity index is 377. The molecule has 0 unspecified atom stereocenters. The van der Waals surface area contributed by atoms with E-state index in [1.807, 2.05) is 13.8 Å². The van der Waals surface area contributed by atoms with E-state index in [0.29, 0.717) is 24.1 Å². The first-order valence-corrected chi connectivity index (χ1v) is 6.84. The van der Waals surface area contributed by atoms with Crippen molar-refractivity contribution in [2.24, 2.45) is 0 Å². The molecule has 5 nitrogen and oxygen atoms in total. The van der Waals surface area contributed by atoms with Crippen LogP contribution in [0.15, 0.2) is 22.8 Å². The Morgan fingerprint density at radius 1 is 1.33 bits per heavy atom. The van der Waals surface area contributed by atoms with Gasteiger partial charge in [0, 0.05) is 13.1 Å². The SMILES string of the molecule is CC(C)SCC(=O)NCCNC(=O)c1ccco1. The second-order valence-electron chi connectivity index (χ2n) is 3.94. The highest BCUT2D eigenvalue weighted by Crippen LogP contribution is 2.07. The molecule has 2 amide bonds. The maximum Gasteiger partial charge on any atom is 0.287 e. The average molecular weight is 270 g/mol. The van der Waals surface area contributed by atoms with E-state index in [0.717, 1.165) is 0 Å². The Balaban J connectivity index is 2.08. The molecule has 0 fully saturated rings. The lowest BCUT2D eigenvalue weighted by molar-refractivity contribution is -0.118. The van der Waals surface area contributed by atoms with Gasteiger partial charge < -0.3 is 15.1 Å². The Kier molecular flexibility index (Phi) is 6.35. The normalized spacial score (nSPS) is 10.4. The van der Waals surface area contributed by atoms with Crippen LogP contribution >= 0.6 is 11.8 Å².